The minimum absolute atomic E-state index is 0. The Morgan fingerprint density at radius 3 is 2.73 bits per heavy atom. The standard InChI is InChI=1S/C13H14N4O4.ClH/c1-21-13(20)10-3-2-9(6-15-10)16-12(19)11(7-18)17-5-4-14-8-17;/h2-6,8,11,18H,7H2,1H3,(H,16,19);1H/t11-;/m0./s1. The molecule has 118 valence electrons. The first-order valence-electron chi connectivity index (χ1n) is 6.09. The second-order valence-electron chi connectivity index (χ2n) is 4.12. The fraction of sp³-hybridized carbons (Fsp3) is 0.231. The Balaban J connectivity index is 0.00000242. The number of rotatable bonds is 5. The minimum Gasteiger partial charge on any atom is -0.464 e. The lowest BCUT2D eigenvalue weighted by Gasteiger charge is -2.15. The van der Waals surface area contributed by atoms with Gasteiger partial charge in [0, 0.05) is 12.4 Å². The van der Waals surface area contributed by atoms with Crippen molar-refractivity contribution >= 4 is 30.0 Å². The molecule has 1 amide bonds. The van der Waals surface area contributed by atoms with Gasteiger partial charge in [0.25, 0.3) is 0 Å². The predicted octanol–water partition coefficient (Wildman–Crippen LogP) is 0.659. The largest absolute Gasteiger partial charge is 0.464 e. The Hall–Kier alpha value is -2.45. The number of carbonyl (C=O) groups excluding carboxylic acids is 2. The molecule has 2 aromatic heterocycles. The Kier molecular flexibility index (Phi) is 6.48. The van der Waals surface area contributed by atoms with Gasteiger partial charge < -0.3 is 19.7 Å². The van der Waals surface area contributed by atoms with Gasteiger partial charge >= 0.3 is 5.97 Å². The summed E-state index contributed by atoms with van der Waals surface area (Å²) in [4.78, 5) is 31.0. The molecule has 0 aliphatic heterocycles. The minimum atomic E-state index is -0.784. The van der Waals surface area contributed by atoms with Gasteiger partial charge in [0.15, 0.2) is 0 Å². The van der Waals surface area contributed by atoms with Crippen molar-refractivity contribution in [1.29, 1.82) is 0 Å². The quantitative estimate of drug-likeness (QED) is 0.782. The maximum Gasteiger partial charge on any atom is 0.356 e. The maximum absolute atomic E-state index is 12.1. The van der Waals surface area contributed by atoms with Gasteiger partial charge in [-0.05, 0) is 12.1 Å². The van der Waals surface area contributed by atoms with Crippen LogP contribution in [0.2, 0.25) is 0 Å². The summed E-state index contributed by atoms with van der Waals surface area (Å²) in [6, 6.07) is 2.18. The number of anilines is 1. The zero-order valence-corrected chi connectivity index (χ0v) is 12.5. The van der Waals surface area contributed by atoms with E-state index < -0.39 is 17.9 Å². The number of pyridine rings is 1. The van der Waals surface area contributed by atoms with Crippen LogP contribution in [0.1, 0.15) is 16.5 Å². The number of hydrogen-bond donors (Lipinski definition) is 2. The summed E-state index contributed by atoms with van der Waals surface area (Å²) in [5.41, 5.74) is 0.551. The van der Waals surface area contributed by atoms with Crippen molar-refractivity contribution in [1.82, 2.24) is 14.5 Å². The maximum atomic E-state index is 12.1. The van der Waals surface area contributed by atoms with Crippen molar-refractivity contribution in [2.75, 3.05) is 19.0 Å². The van der Waals surface area contributed by atoms with Gasteiger partial charge in [0.05, 0.1) is 31.9 Å². The molecule has 0 unspecified atom stereocenters. The zero-order chi connectivity index (χ0) is 15.2. The molecule has 0 aliphatic rings. The number of aromatic nitrogens is 3. The monoisotopic (exact) mass is 326 g/mol. The number of nitrogens with zero attached hydrogens (tertiary/aromatic N) is 3. The molecule has 0 saturated heterocycles. The third-order valence-electron chi connectivity index (χ3n) is 2.79. The normalized spacial score (nSPS) is 11.2. The van der Waals surface area contributed by atoms with Crippen molar-refractivity contribution in [3.8, 4) is 0 Å². The highest BCUT2D eigenvalue weighted by Gasteiger charge is 2.19. The summed E-state index contributed by atoms with van der Waals surface area (Å²) in [6.07, 6.45) is 5.88. The van der Waals surface area contributed by atoms with E-state index in [1.54, 1.807) is 6.20 Å². The third kappa shape index (κ3) is 4.03. The number of aliphatic hydroxyl groups excluding tert-OH is 1. The van der Waals surface area contributed by atoms with E-state index in [0.29, 0.717) is 5.69 Å². The molecule has 2 N–H and O–H groups in total. The molecule has 2 rings (SSSR count). The number of carbonyl (C=O) groups is 2. The van der Waals surface area contributed by atoms with E-state index in [4.69, 9.17) is 0 Å². The van der Waals surface area contributed by atoms with Crippen LogP contribution in [0.15, 0.2) is 37.1 Å². The highest BCUT2D eigenvalue weighted by Crippen LogP contribution is 2.12. The van der Waals surface area contributed by atoms with Crippen LogP contribution in [0, 0.1) is 0 Å². The summed E-state index contributed by atoms with van der Waals surface area (Å²) in [7, 11) is 1.26. The lowest BCUT2D eigenvalue weighted by atomic mass is 10.2. The molecular weight excluding hydrogens is 312 g/mol. The number of ether oxygens (including phenoxy) is 1. The molecule has 0 aromatic carbocycles. The number of aliphatic hydroxyl groups is 1. The first-order chi connectivity index (χ1) is 10.2. The number of nitrogens with one attached hydrogen (secondary N) is 1. The first kappa shape index (κ1) is 17.6. The summed E-state index contributed by atoms with van der Waals surface area (Å²) in [5, 5.41) is 11.9. The first-order valence-corrected chi connectivity index (χ1v) is 6.09. The fourth-order valence-corrected chi connectivity index (χ4v) is 1.69. The van der Waals surface area contributed by atoms with Crippen LogP contribution in [-0.2, 0) is 9.53 Å². The van der Waals surface area contributed by atoms with Crippen LogP contribution >= 0.6 is 12.4 Å². The summed E-state index contributed by atoms with van der Waals surface area (Å²) < 4.78 is 6.02. The van der Waals surface area contributed by atoms with Crippen molar-refractivity contribution in [3.05, 3.63) is 42.7 Å². The van der Waals surface area contributed by atoms with Crippen LogP contribution < -0.4 is 5.32 Å². The van der Waals surface area contributed by atoms with E-state index in [-0.39, 0.29) is 24.7 Å². The lowest BCUT2D eigenvalue weighted by molar-refractivity contribution is -0.120. The Morgan fingerprint density at radius 2 is 2.23 bits per heavy atom. The van der Waals surface area contributed by atoms with Crippen molar-refractivity contribution in [3.63, 3.8) is 0 Å². The van der Waals surface area contributed by atoms with Gasteiger partial charge in [-0.2, -0.15) is 0 Å². The summed E-state index contributed by atoms with van der Waals surface area (Å²) >= 11 is 0. The SMILES string of the molecule is COC(=O)c1ccc(NC(=O)[C@H](CO)n2ccnc2)cn1.Cl. The van der Waals surface area contributed by atoms with Gasteiger partial charge in [0.2, 0.25) is 5.91 Å². The number of halogens is 1. The van der Waals surface area contributed by atoms with Crippen LogP contribution in [0.3, 0.4) is 0 Å². The van der Waals surface area contributed by atoms with E-state index in [0.717, 1.165) is 0 Å². The molecule has 2 heterocycles. The van der Waals surface area contributed by atoms with Crippen molar-refractivity contribution in [2.24, 2.45) is 0 Å². The fourth-order valence-electron chi connectivity index (χ4n) is 1.69. The van der Waals surface area contributed by atoms with Crippen LogP contribution in [-0.4, -0.2) is 45.2 Å². The van der Waals surface area contributed by atoms with Crippen LogP contribution in [0.25, 0.3) is 0 Å². The van der Waals surface area contributed by atoms with Gasteiger partial charge in [0.1, 0.15) is 11.7 Å². The third-order valence-corrected chi connectivity index (χ3v) is 2.79. The van der Waals surface area contributed by atoms with Crippen LogP contribution in [0.5, 0.6) is 0 Å². The number of esters is 1. The average Bonchev–Trinajstić information content (AvgIpc) is 3.02. The highest BCUT2D eigenvalue weighted by molar-refractivity contribution is 5.94. The molecule has 0 fully saturated rings. The molecule has 22 heavy (non-hydrogen) atoms. The number of imidazole rings is 1. The van der Waals surface area contributed by atoms with Gasteiger partial charge in [-0.3, -0.25) is 4.79 Å². The molecule has 0 spiro atoms. The van der Waals surface area contributed by atoms with E-state index in [1.807, 2.05) is 0 Å². The molecule has 9 heteroatoms. The lowest BCUT2D eigenvalue weighted by Crippen LogP contribution is -2.28. The van der Waals surface area contributed by atoms with Gasteiger partial charge in [-0.1, -0.05) is 0 Å². The average molecular weight is 327 g/mol. The topological polar surface area (TPSA) is 106 Å². The summed E-state index contributed by atoms with van der Waals surface area (Å²) in [6.45, 7) is -0.365. The Labute approximate surface area is 132 Å². The second-order valence-corrected chi connectivity index (χ2v) is 4.12. The molecule has 1 atom stereocenters. The van der Waals surface area contributed by atoms with E-state index in [2.05, 4.69) is 20.0 Å². The smallest absolute Gasteiger partial charge is 0.356 e. The van der Waals surface area contributed by atoms with E-state index in [1.165, 1.54) is 42.5 Å². The Morgan fingerprint density at radius 1 is 1.45 bits per heavy atom. The predicted molar refractivity (Wildman–Crippen MR) is 79.8 cm³/mol. The molecule has 2 aromatic rings. The zero-order valence-electron chi connectivity index (χ0n) is 11.7. The summed E-state index contributed by atoms with van der Waals surface area (Å²) in [5.74, 6) is -0.970. The molecule has 0 aliphatic carbocycles. The Bertz CT molecular complexity index is 615. The van der Waals surface area contributed by atoms with E-state index in [9.17, 15) is 14.7 Å². The molecule has 8 nitrogen and oxygen atoms in total. The van der Waals surface area contributed by atoms with Gasteiger partial charge in [-0.15, -0.1) is 12.4 Å². The molecular formula is C13H15ClN4O4. The van der Waals surface area contributed by atoms with E-state index >= 15 is 0 Å². The van der Waals surface area contributed by atoms with Gasteiger partial charge in [-0.25, -0.2) is 14.8 Å². The molecule has 0 bridgehead atoms. The highest BCUT2D eigenvalue weighted by atomic mass is 35.5. The number of amides is 1. The van der Waals surface area contributed by atoms with Crippen LogP contribution in [0.4, 0.5) is 5.69 Å². The molecule has 0 radical (unpaired) electrons. The number of hydrogen-bond acceptors (Lipinski definition) is 6. The number of methoxy groups -OCH3 is 1. The second kappa shape index (κ2) is 8.11. The van der Waals surface area contributed by atoms with Crippen molar-refractivity contribution < 1.29 is 19.4 Å². The van der Waals surface area contributed by atoms with Crippen molar-refractivity contribution in [2.45, 2.75) is 6.04 Å². The molecule has 0 saturated carbocycles.